The zero-order valence-electron chi connectivity index (χ0n) is 10.2. The van der Waals surface area contributed by atoms with Crippen LogP contribution < -0.4 is 0 Å². The van der Waals surface area contributed by atoms with Gasteiger partial charge in [0.15, 0.2) is 5.82 Å². The molecule has 0 saturated carbocycles. The van der Waals surface area contributed by atoms with Crippen LogP contribution in [0.5, 0.6) is 0 Å². The molecular formula is C12H16N4O. The molecule has 0 N–H and O–H groups in total. The van der Waals surface area contributed by atoms with Gasteiger partial charge in [0.25, 0.3) is 5.89 Å². The van der Waals surface area contributed by atoms with Crippen molar-refractivity contribution in [3.05, 3.63) is 17.7 Å². The fourth-order valence-corrected chi connectivity index (χ4v) is 2.28. The van der Waals surface area contributed by atoms with Crippen LogP contribution in [-0.2, 0) is 19.4 Å². The van der Waals surface area contributed by atoms with Crippen molar-refractivity contribution in [2.24, 2.45) is 5.92 Å². The Morgan fingerprint density at radius 3 is 3.18 bits per heavy atom. The van der Waals surface area contributed by atoms with Crippen molar-refractivity contribution in [1.29, 1.82) is 0 Å². The predicted octanol–water partition coefficient (Wildman–Crippen LogP) is 2.08. The molecule has 1 aliphatic rings. The summed E-state index contributed by atoms with van der Waals surface area (Å²) in [6.07, 6.45) is 4.88. The van der Waals surface area contributed by atoms with Gasteiger partial charge < -0.3 is 4.52 Å². The van der Waals surface area contributed by atoms with Crippen LogP contribution in [0.15, 0.2) is 10.7 Å². The summed E-state index contributed by atoms with van der Waals surface area (Å²) in [7, 11) is 0. The molecule has 1 aliphatic heterocycles. The third kappa shape index (κ3) is 1.75. The van der Waals surface area contributed by atoms with E-state index in [0.717, 1.165) is 30.8 Å². The van der Waals surface area contributed by atoms with Crippen molar-refractivity contribution in [1.82, 2.24) is 19.9 Å². The maximum atomic E-state index is 5.29. The molecular weight excluding hydrogens is 216 g/mol. The number of aryl methyl sites for hydroxylation is 2. The average molecular weight is 232 g/mol. The minimum absolute atomic E-state index is 0.609. The van der Waals surface area contributed by atoms with Crippen LogP contribution in [0.25, 0.3) is 11.5 Å². The topological polar surface area (TPSA) is 56.7 Å². The van der Waals surface area contributed by atoms with Gasteiger partial charge in [-0.25, -0.2) is 0 Å². The summed E-state index contributed by atoms with van der Waals surface area (Å²) in [5.74, 6) is 2.06. The SMILES string of the molecule is CCc1noc(-c2cnn3c2CC(C)CC3)n1. The molecule has 0 aliphatic carbocycles. The minimum Gasteiger partial charge on any atom is -0.334 e. The Morgan fingerprint density at radius 2 is 2.41 bits per heavy atom. The van der Waals surface area contributed by atoms with Crippen molar-refractivity contribution in [3.8, 4) is 11.5 Å². The molecule has 90 valence electrons. The van der Waals surface area contributed by atoms with E-state index in [-0.39, 0.29) is 0 Å². The molecule has 0 saturated heterocycles. The van der Waals surface area contributed by atoms with Crippen molar-refractivity contribution in [2.75, 3.05) is 0 Å². The Hall–Kier alpha value is -1.65. The van der Waals surface area contributed by atoms with Crippen LogP contribution >= 0.6 is 0 Å². The first kappa shape index (κ1) is 10.5. The van der Waals surface area contributed by atoms with E-state index < -0.39 is 0 Å². The number of hydrogen-bond donors (Lipinski definition) is 0. The van der Waals surface area contributed by atoms with E-state index in [0.29, 0.717) is 11.8 Å². The fourth-order valence-electron chi connectivity index (χ4n) is 2.28. The summed E-state index contributed by atoms with van der Waals surface area (Å²) >= 11 is 0. The third-order valence-corrected chi connectivity index (χ3v) is 3.34. The predicted molar refractivity (Wildman–Crippen MR) is 62.4 cm³/mol. The normalized spacial score (nSPS) is 19.3. The van der Waals surface area contributed by atoms with Crippen molar-refractivity contribution >= 4 is 0 Å². The summed E-state index contributed by atoms with van der Waals surface area (Å²) in [6, 6.07) is 0. The third-order valence-electron chi connectivity index (χ3n) is 3.34. The molecule has 0 fully saturated rings. The number of fused-ring (bicyclic) bond motifs is 1. The summed E-state index contributed by atoms with van der Waals surface area (Å²) in [5, 5.41) is 8.33. The molecule has 0 radical (unpaired) electrons. The van der Waals surface area contributed by atoms with Crippen LogP contribution in [0.2, 0.25) is 0 Å². The van der Waals surface area contributed by atoms with E-state index in [1.54, 1.807) is 0 Å². The van der Waals surface area contributed by atoms with Gasteiger partial charge in [0.05, 0.1) is 17.5 Å². The van der Waals surface area contributed by atoms with E-state index in [2.05, 4.69) is 26.8 Å². The lowest BCUT2D eigenvalue weighted by atomic mass is 9.96. The average Bonchev–Trinajstić information content (AvgIpc) is 2.93. The lowest BCUT2D eigenvalue weighted by Gasteiger charge is -2.19. The van der Waals surface area contributed by atoms with Crippen LogP contribution in [0.1, 0.15) is 31.8 Å². The maximum Gasteiger partial charge on any atom is 0.261 e. The monoisotopic (exact) mass is 232 g/mol. The number of aromatic nitrogens is 4. The smallest absolute Gasteiger partial charge is 0.261 e. The first-order valence-corrected chi connectivity index (χ1v) is 6.15. The van der Waals surface area contributed by atoms with E-state index in [4.69, 9.17) is 4.52 Å². The first-order chi connectivity index (χ1) is 8.28. The number of hydrogen-bond acceptors (Lipinski definition) is 4. The second-order valence-corrected chi connectivity index (χ2v) is 4.70. The number of rotatable bonds is 2. The maximum absolute atomic E-state index is 5.29. The van der Waals surface area contributed by atoms with E-state index in [1.807, 2.05) is 13.1 Å². The molecule has 5 nitrogen and oxygen atoms in total. The quantitative estimate of drug-likeness (QED) is 0.795. The molecule has 2 aromatic heterocycles. The second-order valence-electron chi connectivity index (χ2n) is 4.70. The van der Waals surface area contributed by atoms with Crippen LogP contribution in [0.3, 0.4) is 0 Å². The molecule has 5 heteroatoms. The summed E-state index contributed by atoms with van der Waals surface area (Å²) < 4.78 is 7.35. The van der Waals surface area contributed by atoms with E-state index in [9.17, 15) is 0 Å². The Balaban J connectivity index is 2.01. The first-order valence-electron chi connectivity index (χ1n) is 6.15. The summed E-state index contributed by atoms with van der Waals surface area (Å²) in [6.45, 7) is 5.28. The van der Waals surface area contributed by atoms with Gasteiger partial charge in [0, 0.05) is 13.0 Å². The lowest BCUT2D eigenvalue weighted by Crippen LogP contribution is -2.18. The van der Waals surface area contributed by atoms with Gasteiger partial charge in [-0.3, -0.25) is 4.68 Å². The van der Waals surface area contributed by atoms with Crippen molar-refractivity contribution in [2.45, 2.75) is 39.7 Å². The molecule has 0 spiro atoms. The Kier molecular flexibility index (Phi) is 2.46. The molecule has 2 aromatic rings. The van der Waals surface area contributed by atoms with Gasteiger partial charge in [-0.05, 0) is 18.8 Å². The molecule has 3 heterocycles. The highest BCUT2D eigenvalue weighted by atomic mass is 16.5. The van der Waals surface area contributed by atoms with Crippen molar-refractivity contribution in [3.63, 3.8) is 0 Å². The highest BCUT2D eigenvalue weighted by Crippen LogP contribution is 2.28. The fraction of sp³-hybridized carbons (Fsp3) is 0.583. The molecule has 0 amide bonds. The molecule has 17 heavy (non-hydrogen) atoms. The number of nitrogens with zero attached hydrogens (tertiary/aromatic N) is 4. The Morgan fingerprint density at radius 1 is 1.53 bits per heavy atom. The van der Waals surface area contributed by atoms with Crippen LogP contribution in [-0.4, -0.2) is 19.9 Å². The van der Waals surface area contributed by atoms with Crippen LogP contribution in [0, 0.1) is 5.92 Å². The summed E-state index contributed by atoms with van der Waals surface area (Å²) in [5.41, 5.74) is 2.24. The van der Waals surface area contributed by atoms with Gasteiger partial charge in [0.2, 0.25) is 0 Å². The largest absolute Gasteiger partial charge is 0.334 e. The van der Waals surface area contributed by atoms with Crippen molar-refractivity contribution < 1.29 is 4.52 Å². The molecule has 0 aromatic carbocycles. The summed E-state index contributed by atoms with van der Waals surface area (Å²) in [4.78, 5) is 4.37. The van der Waals surface area contributed by atoms with E-state index >= 15 is 0 Å². The highest BCUT2D eigenvalue weighted by Gasteiger charge is 2.23. The highest BCUT2D eigenvalue weighted by molar-refractivity contribution is 5.55. The molecule has 0 bridgehead atoms. The zero-order chi connectivity index (χ0) is 11.8. The van der Waals surface area contributed by atoms with Gasteiger partial charge in [0.1, 0.15) is 0 Å². The van der Waals surface area contributed by atoms with E-state index in [1.165, 1.54) is 12.1 Å². The minimum atomic E-state index is 0.609. The Bertz CT molecular complexity index is 528. The molecule has 1 atom stereocenters. The van der Waals surface area contributed by atoms with Gasteiger partial charge in [-0.15, -0.1) is 0 Å². The van der Waals surface area contributed by atoms with Gasteiger partial charge in [-0.2, -0.15) is 10.1 Å². The standard InChI is InChI=1S/C12H16N4O/c1-3-11-14-12(17-15-11)9-7-13-16-5-4-8(2)6-10(9)16/h7-8H,3-6H2,1-2H3. The molecule has 1 unspecified atom stereocenters. The van der Waals surface area contributed by atoms with Gasteiger partial charge >= 0.3 is 0 Å². The second kappa shape index (κ2) is 3.98. The van der Waals surface area contributed by atoms with Crippen LogP contribution in [0.4, 0.5) is 0 Å². The lowest BCUT2D eigenvalue weighted by molar-refractivity contribution is 0.389. The zero-order valence-corrected chi connectivity index (χ0v) is 10.2. The van der Waals surface area contributed by atoms with Gasteiger partial charge in [-0.1, -0.05) is 19.0 Å². The Labute approximate surface area is 99.8 Å². The molecule has 3 rings (SSSR count).